The lowest BCUT2D eigenvalue weighted by Crippen LogP contribution is -2.09. The minimum Gasteiger partial charge on any atom is -0.423 e. The van der Waals surface area contributed by atoms with Crippen molar-refractivity contribution >= 4 is 16.3 Å². The molecule has 0 bridgehead atoms. The fourth-order valence-electron chi connectivity index (χ4n) is 2.15. The molecule has 2 N–H and O–H groups in total. The molecule has 0 unspecified atom stereocenters. The minimum absolute atomic E-state index is 0.303. The van der Waals surface area contributed by atoms with Gasteiger partial charge in [-0.05, 0) is 13.3 Å². The van der Waals surface area contributed by atoms with E-state index >= 15 is 0 Å². The second-order valence-corrected chi connectivity index (χ2v) is 6.09. The van der Waals surface area contributed by atoms with Crippen LogP contribution in [0.25, 0.3) is 4.96 Å². The molecule has 0 saturated heterocycles. The number of rotatable bonds is 7. The van der Waals surface area contributed by atoms with Crippen molar-refractivity contribution in [3.63, 3.8) is 0 Å². The predicted octanol–water partition coefficient (Wildman–Crippen LogP) is 3.45. The Balaban J connectivity index is 1.57. The molecule has 124 valence electrons. The molecule has 0 aliphatic heterocycles. The van der Waals surface area contributed by atoms with Gasteiger partial charge in [-0.3, -0.25) is 4.40 Å². The van der Waals surface area contributed by atoms with Crippen LogP contribution in [0.2, 0.25) is 0 Å². The van der Waals surface area contributed by atoms with E-state index < -0.39 is 0 Å². The van der Waals surface area contributed by atoms with E-state index in [4.69, 9.17) is 10.2 Å². The number of imidazole rings is 1. The highest BCUT2D eigenvalue weighted by Gasteiger charge is 2.14. The summed E-state index contributed by atoms with van der Waals surface area (Å²) in [5.41, 5.74) is 6.99. The van der Waals surface area contributed by atoms with E-state index in [9.17, 15) is 0 Å². The molecule has 3 heterocycles. The third-order valence-electron chi connectivity index (χ3n) is 3.33. The molecule has 24 heavy (non-hydrogen) atoms. The van der Waals surface area contributed by atoms with E-state index in [1.54, 1.807) is 11.3 Å². The Hall–Kier alpha value is -2.51. The average molecular weight is 341 g/mol. The van der Waals surface area contributed by atoms with E-state index in [2.05, 4.69) is 15.2 Å². The molecule has 3 aromatic heterocycles. The zero-order valence-electron chi connectivity index (χ0n) is 13.4. The van der Waals surface area contributed by atoms with Crippen molar-refractivity contribution in [2.45, 2.75) is 25.8 Å². The van der Waals surface area contributed by atoms with Gasteiger partial charge >= 0.3 is 0 Å². The van der Waals surface area contributed by atoms with Gasteiger partial charge in [-0.25, -0.2) is 4.98 Å². The van der Waals surface area contributed by atoms with Crippen LogP contribution < -0.4 is 5.73 Å². The summed E-state index contributed by atoms with van der Waals surface area (Å²) in [5, 5.41) is 10.1. The van der Waals surface area contributed by atoms with Crippen LogP contribution >= 0.6 is 11.3 Å². The number of allylic oxidation sites excluding steroid dienone is 5. The first-order valence-electron chi connectivity index (χ1n) is 7.69. The molecule has 0 saturated carbocycles. The van der Waals surface area contributed by atoms with Crippen LogP contribution in [0.3, 0.4) is 0 Å². The fourth-order valence-corrected chi connectivity index (χ4v) is 2.87. The van der Waals surface area contributed by atoms with E-state index in [1.165, 1.54) is 0 Å². The average Bonchev–Trinajstić information content (AvgIpc) is 3.27. The molecule has 3 aromatic rings. The van der Waals surface area contributed by atoms with Crippen molar-refractivity contribution < 1.29 is 4.42 Å². The van der Waals surface area contributed by atoms with Gasteiger partial charge in [0.15, 0.2) is 4.96 Å². The fraction of sp³-hybridized carbons (Fsp3) is 0.235. The highest BCUT2D eigenvalue weighted by atomic mass is 32.1. The van der Waals surface area contributed by atoms with Crippen molar-refractivity contribution in [2.75, 3.05) is 0 Å². The molecular formula is C17H19N5OS. The Bertz CT molecular complexity index is 842. The first kappa shape index (κ1) is 16.4. The van der Waals surface area contributed by atoms with Gasteiger partial charge in [0.2, 0.25) is 11.8 Å². The lowest BCUT2D eigenvalue weighted by molar-refractivity contribution is 0.423. The molecule has 7 heteroatoms. The van der Waals surface area contributed by atoms with Gasteiger partial charge in [0.1, 0.15) is 0 Å². The number of hydrogen-bond donors (Lipinski definition) is 1. The van der Waals surface area contributed by atoms with Crippen LogP contribution in [0.4, 0.5) is 0 Å². The molecule has 6 nitrogen and oxygen atoms in total. The maximum atomic E-state index is 6.08. The van der Waals surface area contributed by atoms with E-state index in [0.29, 0.717) is 24.6 Å². The third-order valence-corrected chi connectivity index (χ3v) is 4.10. The van der Waals surface area contributed by atoms with Gasteiger partial charge in [-0.2, -0.15) is 0 Å². The number of hydrogen-bond acceptors (Lipinski definition) is 6. The van der Waals surface area contributed by atoms with Crippen LogP contribution in [-0.2, 0) is 6.42 Å². The van der Waals surface area contributed by atoms with Crippen molar-refractivity contribution in [1.29, 1.82) is 0 Å². The van der Waals surface area contributed by atoms with Gasteiger partial charge in [-0.1, -0.05) is 36.5 Å². The maximum absolute atomic E-state index is 6.08. The highest BCUT2D eigenvalue weighted by Crippen LogP contribution is 2.17. The summed E-state index contributed by atoms with van der Waals surface area (Å²) in [6.45, 7) is 1.98. The van der Waals surface area contributed by atoms with E-state index in [1.807, 2.05) is 65.6 Å². The Labute approximate surface area is 144 Å². The lowest BCUT2D eigenvalue weighted by atomic mass is 10.2. The van der Waals surface area contributed by atoms with Gasteiger partial charge in [0.25, 0.3) is 0 Å². The quantitative estimate of drug-likeness (QED) is 0.666. The molecule has 0 aliphatic carbocycles. The minimum atomic E-state index is -0.303. The number of fused-ring (bicyclic) bond motifs is 1. The summed E-state index contributed by atoms with van der Waals surface area (Å²) in [4.78, 5) is 5.46. The first-order chi connectivity index (χ1) is 11.8. The van der Waals surface area contributed by atoms with Crippen molar-refractivity contribution in [3.05, 3.63) is 71.7 Å². The van der Waals surface area contributed by atoms with Gasteiger partial charge in [0, 0.05) is 17.8 Å². The number of thiazole rings is 1. The Morgan fingerprint density at radius 3 is 3.00 bits per heavy atom. The standard InChI is InChI=1S/C17H19N5OS/c1-2-3-4-5-6-7-8-14(18)16-21-20-15(23-16)11-13-12-22-9-10-24-17(22)19-13/h2-7,9-10,12,14H,8,11,18H2,1H3/b3-2-,5-4-,7-6+/t14-/m1/s1. The normalized spacial score (nSPS) is 13.9. The summed E-state index contributed by atoms with van der Waals surface area (Å²) >= 11 is 1.59. The number of aromatic nitrogens is 4. The summed E-state index contributed by atoms with van der Waals surface area (Å²) < 4.78 is 7.64. The molecule has 0 aliphatic rings. The van der Waals surface area contributed by atoms with Crippen LogP contribution in [0.5, 0.6) is 0 Å². The molecule has 0 spiro atoms. The number of nitrogens with two attached hydrogens (primary N) is 1. The monoisotopic (exact) mass is 341 g/mol. The SMILES string of the molecule is C\C=C/C=C\C=C\C[C@@H](N)c1nnc(Cc2cn3ccsc3n2)o1. The smallest absolute Gasteiger partial charge is 0.233 e. The van der Waals surface area contributed by atoms with E-state index in [-0.39, 0.29) is 6.04 Å². The Morgan fingerprint density at radius 1 is 1.29 bits per heavy atom. The van der Waals surface area contributed by atoms with E-state index in [0.717, 1.165) is 10.7 Å². The molecule has 0 aromatic carbocycles. The van der Waals surface area contributed by atoms with Gasteiger partial charge in [0.05, 0.1) is 18.2 Å². The van der Waals surface area contributed by atoms with Crippen LogP contribution in [0, 0.1) is 0 Å². The largest absolute Gasteiger partial charge is 0.423 e. The maximum Gasteiger partial charge on any atom is 0.233 e. The summed E-state index contributed by atoms with van der Waals surface area (Å²) in [7, 11) is 0. The highest BCUT2D eigenvalue weighted by molar-refractivity contribution is 7.15. The topological polar surface area (TPSA) is 82.2 Å². The molecule has 0 fully saturated rings. The van der Waals surface area contributed by atoms with Crippen LogP contribution in [0.15, 0.2) is 58.6 Å². The Morgan fingerprint density at radius 2 is 2.17 bits per heavy atom. The molecule has 0 radical (unpaired) electrons. The van der Waals surface area contributed by atoms with Crippen LogP contribution in [0.1, 0.15) is 36.9 Å². The Kier molecular flexibility index (Phi) is 5.35. The van der Waals surface area contributed by atoms with Crippen molar-refractivity contribution in [1.82, 2.24) is 19.6 Å². The second kappa shape index (κ2) is 7.85. The van der Waals surface area contributed by atoms with Crippen LogP contribution in [-0.4, -0.2) is 19.6 Å². The third kappa shape index (κ3) is 4.06. The molecular weight excluding hydrogens is 322 g/mol. The zero-order chi connectivity index (χ0) is 16.8. The zero-order valence-corrected chi connectivity index (χ0v) is 14.2. The predicted molar refractivity (Wildman–Crippen MR) is 94.8 cm³/mol. The molecule has 1 atom stereocenters. The lowest BCUT2D eigenvalue weighted by Gasteiger charge is -2.01. The van der Waals surface area contributed by atoms with Crippen molar-refractivity contribution in [2.24, 2.45) is 5.73 Å². The number of nitrogens with zero attached hydrogens (tertiary/aromatic N) is 4. The molecule has 3 rings (SSSR count). The molecule has 0 amide bonds. The summed E-state index contributed by atoms with van der Waals surface area (Å²) in [5.74, 6) is 0.983. The summed E-state index contributed by atoms with van der Waals surface area (Å²) in [6.07, 6.45) is 16.9. The summed E-state index contributed by atoms with van der Waals surface area (Å²) in [6, 6.07) is -0.303. The van der Waals surface area contributed by atoms with Gasteiger partial charge in [-0.15, -0.1) is 21.5 Å². The van der Waals surface area contributed by atoms with Gasteiger partial charge < -0.3 is 10.2 Å². The first-order valence-corrected chi connectivity index (χ1v) is 8.57. The van der Waals surface area contributed by atoms with Crippen molar-refractivity contribution in [3.8, 4) is 0 Å². The second-order valence-electron chi connectivity index (χ2n) is 5.22.